The van der Waals surface area contributed by atoms with Crippen molar-refractivity contribution in [3.05, 3.63) is 12.4 Å². The summed E-state index contributed by atoms with van der Waals surface area (Å²) in [6.07, 6.45) is -0.0736. The normalized spacial score (nSPS) is 36.3. The van der Waals surface area contributed by atoms with Crippen LogP contribution in [0.5, 0.6) is 0 Å². The molecule has 0 N–H and O–H groups in total. The first kappa shape index (κ1) is 15.9. The molecule has 9 heteroatoms. The number of amides is 1. The smallest absolute Gasteiger partial charge is 0.373 e. The van der Waals surface area contributed by atoms with Gasteiger partial charge in [-0.3, -0.25) is 4.79 Å². The second-order valence-electron chi connectivity index (χ2n) is 6.85. The van der Waals surface area contributed by atoms with E-state index >= 15 is 0 Å². The van der Waals surface area contributed by atoms with Gasteiger partial charge in [-0.05, 0) is 25.7 Å². The van der Waals surface area contributed by atoms with Crippen LogP contribution in [-0.2, 0) is 9.53 Å². The van der Waals surface area contributed by atoms with Gasteiger partial charge in [0.05, 0.1) is 36.3 Å². The van der Waals surface area contributed by atoms with Gasteiger partial charge in [-0.25, -0.2) is 4.68 Å². The maximum atomic E-state index is 13.4. The summed E-state index contributed by atoms with van der Waals surface area (Å²) in [6, 6.07) is -0.0333. The number of rotatable bonds is 2. The van der Waals surface area contributed by atoms with Gasteiger partial charge >= 0.3 is 6.18 Å². The molecule has 1 aromatic heterocycles. The molecule has 3 aliphatic heterocycles. The Hall–Kier alpha value is -1.64. The van der Waals surface area contributed by atoms with Crippen LogP contribution in [0.25, 0.3) is 0 Å². The van der Waals surface area contributed by atoms with E-state index in [1.807, 2.05) is 0 Å². The van der Waals surface area contributed by atoms with Crippen LogP contribution in [0.1, 0.15) is 31.7 Å². The van der Waals surface area contributed by atoms with Crippen molar-refractivity contribution in [2.75, 3.05) is 13.1 Å². The summed E-state index contributed by atoms with van der Waals surface area (Å²) >= 11 is 0. The number of piperidine rings is 1. The predicted octanol–water partition coefficient (Wildman–Crippen LogP) is 1.80. The molecule has 0 radical (unpaired) electrons. The summed E-state index contributed by atoms with van der Waals surface area (Å²) in [4.78, 5) is 14.4. The molecule has 3 fully saturated rings. The van der Waals surface area contributed by atoms with Crippen molar-refractivity contribution in [1.82, 2.24) is 19.9 Å². The van der Waals surface area contributed by atoms with E-state index in [0.29, 0.717) is 25.9 Å². The average Bonchev–Trinajstić information content (AvgIpc) is 3.29. The van der Waals surface area contributed by atoms with Gasteiger partial charge in [0.1, 0.15) is 0 Å². The zero-order valence-corrected chi connectivity index (χ0v) is 13.0. The van der Waals surface area contributed by atoms with Crippen LogP contribution in [-0.4, -0.2) is 57.3 Å². The zero-order valence-electron chi connectivity index (χ0n) is 13.0. The Morgan fingerprint density at radius 1 is 1.21 bits per heavy atom. The van der Waals surface area contributed by atoms with Gasteiger partial charge in [-0.15, -0.1) is 5.10 Å². The highest BCUT2D eigenvalue weighted by atomic mass is 19.4. The molecule has 24 heavy (non-hydrogen) atoms. The topological polar surface area (TPSA) is 60.2 Å². The van der Waals surface area contributed by atoms with Crippen LogP contribution < -0.4 is 0 Å². The maximum absolute atomic E-state index is 13.4. The minimum absolute atomic E-state index is 0.0333. The van der Waals surface area contributed by atoms with Gasteiger partial charge < -0.3 is 9.64 Å². The van der Waals surface area contributed by atoms with Gasteiger partial charge in [0.2, 0.25) is 5.91 Å². The second kappa shape index (κ2) is 5.72. The fourth-order valence-corrected chi connectivity index (χ4v) is 4.40. The second-order valence-corrected chi connectivity index (χ2v) is 6.85. The lowest BCUT2D eigenvalue weighted by atomic mass is 9.77. The SMILES string of the molecule is O=C(C1C2CCC(O2)C1C(F)(F)F)N1CCCC(n2ccnn2)C1. The molecule has 0 aromatic carbocycles. The molecule has 3 saturated heterocycles. The summed E-state index contributed by atoms with van der Waals surface area (Å²) < 4.78 is 47.4. The molecule has 5 unspecified atom stereocenters. The lowest BCUT2D eigenvalue weighted by Crippen LogP contribution is -2.50. The molecule has 4 rings (SSSR count). The molecule has 0 spiro atoms. The van der Waals surface area contributed by atoms with E-state index in [1.165, 1.54) is 0 Å². The summed E-state index contributed by atoms with van der Waals surface area (Å²) in [5.74, 6) is -3.19. The van der Waals surface area contributed by atoms with Crippen molar-refractivity contribution >= 4 is 5.91 Å². The highest BCUT2D eigenvalue weighted by Gasteiger charge is 2.63. The van der Waals surface area contributed by atoms with E-state index in [1.54, 1.807) is 22.0 Å². The first-order valence-corrected chi connectivity index (χ1v) is 8.32. The number of carbonyl (C=O) groups is 1. The summed E-state index contributed by atoms with van der Waals surface area (Å²) in [5, 5.41) is 7.71. The number of hydrogen-bond acceptors (Lipinski definition) is 4. The Bertz CT molecular complexity index is 606. The lowest BCUT2D eigenvalue weighted by molar-refractivity contribution is -0.199. The van der Waals surface area contributed by atoms with E-state index in [4.69, 9.17) is 4.74 Å². The number of fused-ring (bicyclic) bond motifs is 2. The van der Waals surface area contributed by atoms with Crippen LogP contribution in [0.2, 0.25) is 0 Å². The molecule has 3 aliphatic rings. The number of nitrogens with zero attached hydrogens (tertiary/aromatic N) is 4. The van der Waals surface area contributed by atoms with Gasteiger partial charge in [-0.1, -0.05) is 5.21 Å². The Morgan fingerprint density at radius 3 is 2.71 bits per heavy atom. The molecule has 4 heterocycles. The minimum atomic E-state index is -4.40. The number of carbonyl (C=O) groups excluding carboxylic acids is 1. The van der Waals surface area contributed by atoms with E-state index in [2.05, 4.69) is 10.3 Å². The number of likely N-dealkylation sites (tertiary alicyclic amines) is 1. The number of halogens is 3. The van der Waals surface area contributed by atoms with Crippen molar-refractivity contribution in [1.29, 1.82) is 0 Å². The third kappa shape index (κ3) is 2.58. The average molecular weight is 344 g/mol. The molecule has 1 amide bonds. The van der Waals surface area contributed by atoms with Crippen LogP contribution in [0, 0.1) is 11.8 Å². The Morgan fingerprint density at radius 2 is 2.00 bits per heavy atom. The summed E-state index contributed by atoms with van der Waals surface area (Å²) in [6.45, 7) is 0.864. The maximum Gasteiger partial charge on any atom is 0.395 e. The molecule has 0 saturated carbocycles. The Balaban J connectivity index is 1.52. The minimum Gasteiger partial charge on any atom is -0.373 e. The molecule has 0 aliphatic carbocycles. The first-order valence-electron chi connectivity index (χ1n) is 8.32. The van der Waals surface area contributed by atoms with Gasteiger partial charge in [0.25, 0.3) is 0 Å². The Kier molecular flexibility index (Phi) is 3.78. The zero-order chi connectivity index (χ0) is 16.9. The lowest BCUT2D eigenvalue weighted by Gasteiger charge is -2.37. The molecule has 6 nitrogen and oxygen atoms in total. The van der Waals surface area contributed by atoms with Crippen molar-refractivity contribution in [3.8, 4) is 0 Å². The van der Waals surface area contributed by atoms with Crippen molar-refractivity contribution in [2.24, 2.45) is 11.8 Å². The highest BCUT2D eigenvalue weighted by Crippen LogP contribution is 2.51. The fourth-order valence-electron chi connectivity index (χ4n) is 4.40. The molecular weight excluding hydrogens is 325 g/mol. The van der Waals surface area contributed by atoms with Gasteiger partial charge in [-0.2, -0.15) is 13.2 Å². The number of ether oxygens (including phenoxy) is 1. The molecular formula is C15H19F3N4O2. The third-order valence-electron chi connectivity index (χ3n) is 5.46. The van der Waals surface area contributed by atoms with Crippen LogP contribution >= 0.6 is 0 Å². The van der Waals surface area contributed by atoms with Gasteiger partial charge in [0.15, 0.2) is 0 Å². The monoisotopic (exact) mass is 344 g/mol. The first-order chi connectivity index (χ1) is 11.4. The number of alkyl halides is 3. The van der Waals surface area contributed by atoms with Gasteiger partial charge in [0, 0.05) is 19.3 Å². The molecule has 2 bridgehead atoms. The third-order valence-corrected chi connectivity index (χ3v) is 5.46. The van der Waals surface area contributed by atoms with E-state index in [0.717, 1.165) is 12.8 Å². The van der Waals surface area contributed by atoms with E-state index in [9.17, 15) is 18.0 Å². The van der Waals surface area contributed by atoms with E-state index < -0.39 is 36.1 Å². The largest absolute Gasteiger partial charge is 0.395 e. The van der Waals surface area contributed by atoms with Crippen molar-refractivity contribution in [3.63, 3.8) is 0 Å². The molecule has 132 valence electrons. The van der Waals surface area contributed by atoms with Crippen molar-refractivity contribution < 1.29 is 22.7 Å². The van der Waals surface area contributed by atoms with Crippen molar-refractivity contribution in [2.45, 2.75) is 50.1 Å². The van der Waals surface area contributed by atoms with Crippen LogP contribution in [0.3, 0.4) is 0 Å². The summed E-state index contributed by atoms with van der Waals surface area (Å²) in [7, 11) is 0. The van der Waals surface area contributed by atoms with Crippen LogP contribution in [0.15, 0.2) is 12.4 Å². The standard InChI is InChI=1S/C15H19F3N4O2/c16-15(17,18)13-11-4-3-10(24-11)12(13)14(23)21-6-1-2-9(8-21)22-7-5-19-20-22/h5,7,9-13H,1-4,6,8H2. The quantitative estimate of drug-likeness (QED) is 0.821. The highest BCUT2D eigenvalue weighted by molar-refractivity contribution is 5.80. The predicted molar refractivity (Wildman–Crippen MR) is 75.8 cm³/mol. The van der Waals surface area contributed by atoms with Crippen LogP contribution in [0.4, 0.5) is 13.2 Å². The number of hydrogen-bond donors (Lipinski definition) is 0. The molecule has 5 atom stereocenters. The summed E-state index contributed by atoms with van der Waals surface area (Å²) in [5.41, 5.74) is 0. The van der Waals surface area contributed by atoms with E-state index in [-0.39, 0.29) is 6.04 Å². The fraction of sp³-hybridized carbons (Fsp3) is 0.800. The molecule has 1 aromatic rings. The number of aromatic nitrogens is 3. The Labute approximate surface area is 136 Å².